The lowest BCUT2D eigenvalue weighted by Crippen LogP contribution is -2.02. The highest BCUT2D eigenvalue weighted by Crippen LogP contribution is 2.25. The second kappa shape index (κ2) is 6.03. The number of aromatic nitrogens is 1. The van der Waals surface area contributed by atoms with E-state index >= 15 is 0 Å². The topological polar surface area (TPSA) is 55.1 Å². The highest BCUT2D eigenvalue weighted by Gasteiger charge is 2.04. The van der Waals surface area contributed by atoms with Gasteiger partial charge in [-0.1, -0.05) is 12.1 Å². The molecule has 2 aromatic rings. The first-order chi connectivity index (χ1) is 8.83. The number of hydrogen-bond donors (Lipinski definition) is 0. The van der Waals surface area contributed by atoms with Crippen molar-refractivity contribution in [1.29, 1.82) is 5.26 Å². The summed E-state index contributed by atoms with van der Waals surface area (Å²) in [5.74, 6) is 1.44. The number of para-hydroxylation sites is 2. The van der Waals surface area contributed by atoms with Crippen LogP contribution in [0.15, 0.2) is 30.5 Å². The number of ether oxygens (including phenoxy) is 2. The molecule has 18 heavy (non-hydrogen) atoms. The lowest BCUT2D eigenvalue weighted by atomic mass is 10.3. The average Bonchev–Trinajstić information content (AvgIpc) is 2.87. The van der Waals surface area contributed by atoms with Crippen LogP contribution in [0.4, 0.5) is 0 Å². The minimum atomic E-state index is 0.513. The number of thiazole rings is 1. The fourth-order valence-corrected chi connectivity index (χ4v) is 2.16. The molecule has 0 radical (unpaired) electrons. The van der Waals surface area contributed by atoms with Gasteiger partial charge in [0.25, 0.3) is 0 Å². The van der Waals surface area contributed by atoms with Crippen molar-refractivity contribution in [1.82, 2.24) is 4.98 Å². The van der Waals surface area contributed by atoms with Gasteiger partial charge in [-0.05, 0) is 12.1 Å². The Kier molecular flexibility index (Phi) is 4.15. The van der Waals surface area contributed by atoms with Gasteiger partial charge in [0.05, 0.1) is 24.9 Å². The molecule has 0 saturated carbocycles. The van der Waals surface area contributed by atoms with Crippen LogP contribution >= 0.6 is 11.3 Å². The summed E-state index contributed by atoms with van der Waals surface area (Å²) >= 11 is 1.39. The van der Waals surface area contributed by atoms with Gasteiger partial charge < -0.3 is 9.47 Å². The first-order valence-corrected chi connectivity index (χ1v) is 6.25. The van der Waals surface area contributed by atoms with E-state index in [9.17, 15) is 0 Å². The quantitative estimate of drug-likeness (QED) is 0.829. The summed E-state index contributed by atoms with van der Waals surface area (Å²) in [4.78, 5) is 4.77. The van der Waals surface area contributed by atoms with Crippen molar-refractivity contribution in [2.24, 2.45) is 0 Å². The molecule has 0 bridgehead atoms. The molecule has 0 aliphatic rings. The maximum Gasteiger partial charge on any atom is 0.161 e. The van der Waals surface area contributed by atoms with Crippen molar-refractivity contribution in [2.45, 2.75) is 6.42 Å². The minimum absolute atomic E-state index is 0.513. The fourth-order valence-electron chi connectivity index (χ4n) is 1.46. The standard InChI is InChI=1S/C13H12N2O2S/c1-16-11-4-2-3-5-12(11)17-7-6-13-15-9-10(8-14)18-13/h2-5,9H,6-7H2,1H3. The van der Waals surface area contributed by atoms with Gasteiger partial charge >= 0.3 is 0 Å². The first kappa shape index (κ1) is 12.4. The molecule has 1 heterocycles. The van der Waals surface area contributed by atoms with E-state index in [4.69, 9.17) is 14.7 Å². The Morgan fingerprint density at radius 3 is 2.78 bits per heavy atom. The van der Waals surface area contributed by atoms with Gasteiger partial charge in [0.1, 0.15) is 10.9 Å². The van der Waals surface area contributed by atoms with Crippen LogP contribution < -0.4 is 9.47 Å². The summed E-state index contributed by atoms with van der Waals surface area (Å²) < 4.78 is 10.8. The molecule has 0 N–H and O–H groups in total. The second-order valence-electron chi connectivity index (χ2n) is 3.48. The van der Waals surface area contributed by atoms with Crippen LogP contribution in [0.25, 0.3) is 0 Å². The molecule has 92 valence electrons. The zero-order valence-electron chi connectivity index (χ0n) is 9.92. The van der Waals surface area contributed by atoms with Crippen molar-refractivity contribution < 1.29 is 9.47 Å². The zero-order chi connectivity index (χ0) is 12.8. The molecule has 0 aliphatic heterocycles. The third-order valence-electron chi connectivity index (χ3n) is 2.31. The number of nitriles is 1. The van der Waals surface area contributed by atoms with Crippen molar-refractivity contribution in [3.63, 3.8) is 0 Å². The molecule has 0 atom stereocenters. The number of nitrogens with zero attached hydrogens (tertiary/aromatic N) is 2. The molecule has 0 spiro atoms. The number of rotatable bonds is 5. The molecule has 0 amide bonds. The van der Waals surface area contributed by atoms with Gasteiger partial charge in [0.15, 0.2) is 11.5 Å². The van der Waals surface area contributed by atoms with Crippen LogP contribution in [0.5, 0.6) is 11.5 Å². The summed E-state index contributed by atoms with van der Waals surface area (Å²) in [6.45, 7) is 0.513. The van der Waals surface area contributed by atoms with Crippen molar-refractivity contribution in [3.8, 4) is 17.6 Å². The molecule has 1 aromatic carbocycles. The Morgan fingerprint density at radius 1 is 1.33 bits per heavy atom. The van der Waals surface area contributed by atoms with E-state index in [0.29, 0.717) is 23.7 Å². The Labute approximate surface area is 109 Å². The van der Waals surface area contributed by atoms with Crippen molar-refractivity contribution in [2.75, 3.05) is 13.7 Å². The summed E-state index contributed by atoms with van der Waals surface area (Å²) in [5.41, 5.74) is 0. The molecule has 1 aromatic heterocycles. The van der Waals surface area contributed by atoms with E-state index < -0.39 is 0 Å². The largest absolute Gasteiger partial charge is 0.493 e. The van der Waals surface area contributed by atoms with Crippen molar-refractivity contribution in [3.05, 3.63) is 40.3 Å². The zero-order valence-corrected chi connectivity index (χ0v) is 10.7. The third-order valence-corrected chi connectivity index (χ3v) is 3.27. The first-order valence-electron chi connectivity index (χ1n) is 5.44. The van der Waals surface area contributed by atoms with Gasteiger partial charge in [-0.25, -0.2) is 4.98 Å². The highest BCUT2D eigenvalue weighted by atomic mass is 32.1. The predicted molar refractivity (Wildman–Crippen MR) is 69.0 cm³/mol. The van der Waals surface area contributed by atoms with E-state index in [1.807, 2.05) is 24.3 Å². The molecule has 0 unspecified atom stereocenters. The second-order valence-corrected chi connectivity index (χ2v) is 4.59. The summed E-state index contributed by atoms with van der Waals surface area (Å²) in [6.07, 6.45) is 2.27. The molecular weight excluding hydrogens is 248 g/mol. The molecule has 4 nitrogen and oxygen atoms in total. The Balaban J connectivity index is 1.90. The SMILES string of the molecule is COc1ccccc1OCCc1ncc(C#N)s1. The predicted octanol–water partition coefficient (Wildman–Crippen LogP) is 2.64. The maximum absolute atomic E-state index is 8.70. The smallest absolute Gasteiger partial charge is 0.161 e. The number of hydrogen-bond acceptors (Lipinski definition) is 5. The number of benzene rings is 1. The van der Waals surface area contributed by atoms with E-state index in [1.165, 1.54) is 11.3 Å². The van der Waals surface area contributed by atoms with Crippen molar-refractivity contribution >= 4 is 11.3 Å². The van der Waals surface area contributed by atoms with Crippen LogP contribution in [0, 0.1) is 11.3 Å². The number of methoxy groups -OCH3 is 1. The lowest BCUT2D eigenvalue weighted by Gasteiger charge is -2.09. The fraction of sp³-hybridized carbons (Fsp3) is 0.231. The van der Waals surface area contributed by atoms with Crippen LogP contribution in [0.1, 0.15) is 9.88 Å². The van der Waals surface area contributed by atoms with Crippen LogP contribution in [-0.2, 0) is 6.42 Å². The monoisotopic (exact) mass is 260 g/mol. The van der Waals surface area contributed by atoms with Gasteiger partial charge in [-0.15, -0.1) is 11.3 Å². The molecule has 2 rings (SSSR count). The summed E-state index contributed by atoms with van der Waals surface area (Å²) in [6, 6.07) is 9.58. The van der Waals surface area contributed by atoms with Crippen LogP contribution in [-0.4, -0.2) is 18.7 Å². The normalized spacial score (nSPS) is 9.78. The minimum Gasteiger partial charge on any atom is -0.493 e. The van der Waals surface area contributed by atoms with E-state index in [-0.39, 0.29) is 0 Å². The molecule has 0 saturated heterocycles. The van der Waals surface area contributed by atoms with E-state index in [2.05, 4.69) is 11.1 Å². The average molecular weight is 260 g/mol. The van der Waals surface area contributed by atoms with Crippen LogP contribution in [0.3, 0.4) is 0 Å². The summed E-state index contributed by atoms with van der Waals surface area (Å²) in [7, 11) is 1.61. The molecule has 0 fully saturated rings. The Bertz CT molecular complexity index is 560. The highest BCUT2D eigenvalue weighted by molar-refractivity contribution is 7.12. The molecular formula is C13H12N2O2S. The molecule has 5 heteroatoms. The lowest BCUT2D eigenvalue weighted by molar-refractivity contribution is 0.297. The van der Waals surface area contributed by atoms with Gasteiger partial charge in [-0.2, -0.15) is 5.26 Å². The van der Waals surface area contributed by atoms with Gasteiger partial charge in [0.2, 0.25) is 0 Å². The van der Waals surface area contributed by atoms with E-state index in [0.717, 1.165) is 10.8 Å². The Hall–Kier alpha value is -2.06. The van der Waals surface area contributed by atoms with E-state index in [1.54, 1.807) is 13.3 Å². The summed E-state index contributed by atoms with van der Waals surface area (Å²) in [5, 5.41) is 9.60. The van der Waals surface area contributed by atoms with Gasteiger partial charge in [-0.3, -0.25) is 0 Å². The third kappa shape index (κ3) is 2.99. The van der Waals surface area contributed by atoms with Gasteiger partial charge in [0, 0.05) is 6.42 Å². The maximum atomic E-state index is 8.70. The Morgan fingerprint density at radius 2 is 2.11 bits per heavy atom. The van der Waals surface area contributed by atoms with Crippen LogP contribution in [0.2, 0.25) is 0 Å². The molecule has 0 aliphatic carbocycles.